The van der Waals surface area contributed by atoms with Gasteiger partial charge in [-0.2, -0.15) is 0 Å². The maximum atomic E-state index is 13.6. The molecule has 0 radical (unpaired) electrons. The van der Waals surface area contributed by atoms with Crippen LogP contribution in [-0.4, -0.2) is 33.9 Å². The van der Waals surface area contributed by atoms with Gasteiger partial charge in [0.2, 0.25) is 18.6 Å². The molecule has 6 rings (SSSR count). The summed E-state index contributed by atoms with van der Waals surface area (Å²) in [5.41, 5.74) is 4.56. The summed E-state index contributed by atoms with van der Waals surface area (Å²) in [6.45, 7) is 4.54. The molecule has 1 unspecified atom stereocenters. The number of aliphatic imine (C=N–C) groups is 1. The van der Waals surface area contributed by atoms with Gasteiger partial charge < -0.3 is 14.8 Å². The molecule has 0 aliphatic carbocycles. The number of benzene rings is 4. The number of fused-ring (bicyclic) bond motifs is 2. The zero-order valence-electron chi connectivity index (χ0n) is 21.6. The molecule has 0 aromatic heterocycles. The number of hydrogen-bond acceptors (Lipinski definition) is 6. The first kappa shape index (κ1) is 25.0. The van der Waals surface area contributed by atoms with E-state index < -0.39 is 5.25 Å². The number of carbonyl (C=O) groups is 2. The standard InChI is InChI=1S/C31H27N3O4S/c1-19-7-11-25(20(2)13-19)33-31-34(17-21-8-12-26-27(14-21)38-18-37-26)30(36)28(39-31)16-29(35)32-24-10-9-22-5-3-4-6-23(22)15-24/h3-15,28H,16-18H2,1-2H3,(H,32,35). The van der Waals surface area contributed by atoms with Crippen LogP contribution in [-0.2, 0) is 16.1 Å². The Balaban J connectivity index is 1.24. The van der Waals surface area contributed by atoms with Crippen LogP contribution in [0.4, 0.5) is 11.4 Å². The Kier molecular flexibility index (Phi) is 6.70. The van der Waals surface area contributed by atoms with Crippen molar-refractivity contribution in [3.05, 3.63) is 95.6 Å². The Bertz CT molecular complexity index is 1630. The van der Waals surface area contributed by atoms with Crippen LogP contribution in [0.25, 0.3) is 10.8 Å². The van der Waals surface area contributed by atoms with Crippen molar-refractivity contribution in [1.82, 2.24) is 4.90 Å². The molecule has 2 aliphatic heterocycles. The quantitative estimate of drug-likeness (QED) is 0.310. The highest BCUT2D eigenvalue weighted by Crippen LogP contribution is 2.36. The zero-order valence-corrected chi connectivity index (χ0v) is 22.5. The van der Waals surface area contributed by atoms with Gasteiger partial charge in [0.1, 0.15) is 5.25 Å². The number of amides is 2. The van der Waals surface area contributed by atoms with Crippen LogP contribution >= 0.6 is 11.8 Å². The lowest BCUT2D eigenvalue weighted by atomic mass is 10.1. The SMILES string of the molecule is Cc1ccc(N=C2SC(CC(=O)Nc3ccc4ccccc4c3)C(=O)N2Cc2ccc3c(c2)OCO3)c(C)c1. The number of carbonyl (C=O) groups excluding carboxylic acids is 2. The molecule has 0 bridgehead atoms. The summed E-state index contributed by atoms with van der Waals surface area (Å²) >= 11 is 1.33. The molecule has 1 fully saturated rings. The van der Waals surface area contributed by atoms with E-state index in [1.807, 2.05) is 86.6 Å². The molecule has 0 spiro atoms. The molecule has 39 heavy (non-hydrogen) atoms. The highest BCUT2D eigenvalue weighted by Gasteiger charge is 2.39. The van der Waals surface area contributed by atoms with E-state index in [1.54, 1.807) is 4.90 Å². The molecule has 196 valence electrons. The Morgan fingerprint density at radius 1 is 0.974 bits per heavy atom. The molecule has 4 aromatic carbocycles. The summed E-state index contributed by atoms with van der Waals surface area (Å²) in [4.78, 5) is 33.2. The molecule has 2 amide bonds. The van der Waals surface area contributed by atoms with Gasteiger partial charge in [0, 0.05) is 12.1 Å². The highest BCUT2D eigenvalue weighted by molar-refractivity contribution is 8.15. The van der Waals surface area contributed by atoms with Crippen LogP contribution in [0.3, 0.4) is 0 Å². The van der Waals surface area contributed by atoms with Crippen molar-refractivity contribution in [1.29, 1.82) is 0 Å². The molecule has 2 heterocycles. The minimum atomic E-state index is -0.580. The van der Waals surface area contributed by atoms with Crippen molar-refractivity contribution < 1.29 is 19.1 Å². The number of nitrogens with one attached hydrogen (secondary N) is 1. The Hall–Kier alpha value is -4.30. The molecule has 1 atom stereocenters. The minimum absolute atomic E-state index is 0.0415. The van der Waals surface area contributed by atoms with Gasteiger partial charge in [-0.1, -0.05) is 65.9 Å². The number of ether oxygens (including phenoxy) is 2. The molecule has 0 saturated carbocycles. The van der Waals surface area contributed by atoms with E-state index in [0.717, 1.165) is 33.2 Å². The normalized spacial score (nSPS) is 17.3. The van der Waals surface area contributed by atoms with Crippen molar-refractivity contribution in [2.45, 2.75) is 32.1 Å². The van der Waals surface area contributed by atoms with Crippen LogP contribution in [0.5, 0.6) is 11.5 Å². The number of rotatable bonds is 6. The Morgan fingerprint density at radius 2 is 1.79 bits per heavy atom. The first-order chi connectivity index (χ1) is 18.9. The van der Waals surface area contributed by atoms with E-state index in [1.165, 1.54) is 11.8 Å². The lowest BCUT2D eigenvalue weighted by Gasteiger charge is -2.17. The predicted octanol–water partition coefficient (Wildman–Crippen LogP) is 6.35. The summed E-state index contributed by atoms with van der Waals surface area (Å²) < 4.78 is 10.9. The van der Waals surface area contributed by atoms with E-state index >= 15 is 0 Å². The lowest BCUT2D eigenvalue weighted by Crippen LogP contribution is -2.33. The monoisotopic (exact) mass is 537 g/mol. The van der Waals surface area contributed by atoms with E-state index in [2.05, 4.69) is 11.4 Å². The van der Waals surface area contributed by atoms with Crippen LogP contribution < -0.4 is 14.8 Å². The predicted molar refractivity (Wildman–Crippen MR) is 155 cm³/mol. The topological polar surface area (TPSA) is 80.2 Å². The molecule has 1 N–H and O–H groups in total. The summed E-state index contributed by atoms with van der Waals surface area (Å²) in [7, 11) is 0. The van der Waals surface area contributed by atoms with Crippen molar-refractivity contribution in [3.63, 3.8) is 0 Å². The summed E-state index contributed by atoms with van der Waals surface area (Å²) in [6.07, 6.45) is 0.0415. The van der Waals surface area contributed by atoms with E-state index in [0.29, 0.717) is 28.9 Å². The van der Waals surface area contributed by atoms with Gasteiger partial charge in [0.15, 0.2) is 16.7 Å². The summed E-state index contributed by atoms with van der Waals surface area (Å²) in [5.74, 6) is 0.987. The van der Waals surface area contributed by atoms with E-state index in [-0.39, 0.29) is 25.0 Å². The van der Waals surface area contributed by atoms with Crippen molar-refractivity contribution in [2.75, 3.05) is 12.1 Å². The van der Waals surface area contributed by atoms with E-state index in [4.69, 9.17) is 14.5 Å². The molecular formula is C31H27N3O4S. The number of aryl methyl sites for hydroxylation is 2. The number of amidine groups is 1. The van der Waals surface area contributed by atoms with Gasteiger partial charge in [-0.25, -0.2) is 4.99 Å². The highest BCUT2D eigenvalue weighted by atomic mass is 32.2. The van der Waals surface area contributed by atoms with Gasteiger partial charge in [-0.15, -0.1) is 0 Å². The average molecular weight is 538 g/mol. The number of hydrogen-bond donors (Lipinski definition) is 1. The average Bonchev–Trinajstić information content (AvgIpc) is 3.50. The van der Waals surface area contributed by atoms with E-state index in [9.17, 15) is 9.59 Å². The van der Waals surface area contributed by atoms with Crippen molar-refractivity contribution in [3.8, 4) is 11.5 Å². The number of anilines is 1. The fourth-order valence-corrected chi connectivity index (χ4v) is 5.92. The molecule has 1 saturated heterocycles. The smallest absolute Gasteiger partial charge is 0.242 e. The maximum absolute atomic E-state index is 13.6. The second-order valence-corrected chi connectivity index (χ2v) is 10.9. The van der Waals surface area contributed by atoms with Crippen molar-refractivity contribution >= 4 is 50.9 Å². The largest absolute Gasteiger partial charge is 0.454 e. The van der Waals surface area contributed by atoms with Gasteiger partial charge >= 0.3 is 0 Å². The fourth-order valence-electron chi connectivity index (χ4n) is 4.77. The molecule has 8 heteroatoms. The third-order valence-corrected chi connectivity index (χ3v) is 7.95. The third kappa shape index (κ3) is 5.33. The minimum Gasteiger partial charge on any atom is -0.454 e. The van der Waals surface area contributed by atoms with Crippen LogP contribution in [0.15, 0.2) is 83.9 Å². The second-order valence-electron chi connectivity index (χ2n) is 9.72. The summed E-state index contributed by atoms with van der Waals surface area (Å²) in [6, 6.07) is 25.5. The first-order valence-corrected chi connectivity index (χ1v) is 13.6. The Labute approximate surface area is 230 Å². The zero-order chi connectivity index (χ0) is 26.9. The molecule has 4 aromatic rings. The fraction of sp³-hybridized carbons (Fsp3) is 0.194. The number of thioether (sulfide) groups is 1. The second kappa shape index (κ2) is 10.5. The van der Waals surface area contributed by atoms with Crippen LogP contribution in [0.2, 0.25) is 0 Å². The molecular weight excluding hydrogens is 510 g/mol. The molecule has 2 aliphatic rings. The maximum Gasteiger partial charge on any atom is 0.242 e. The van der Waals surface area contributed by atoms with Gasteiger partial charge in [0.25, 0.3) is 0 Å². The van der Waals surface area contributed by atoms with Crippen LogP contribution in [0.1, 0.15) is 23.1 Å². The van der Waals surface area contributed by atoms with Crippen LogP contribution in [0, 0.1) is 13.8 Å². The van der Waals surface area contributed by atoms with Gasteiger partial charge in [-0.05, 0) is 66.1 Å². The van der Waals surface area contributed by atoms with Gasteiger partial charge in [-0.3, -0.25) is 14.5 Å². The van der Waals surface area contributed by atoms with Gasteiger partial charge in [0.05, 0.1) is 12.2 Å². The lowest BCUT2D eigenvalue weighted by molar-refractivity contribution is -0.128. The third-order valence-electron chi connectivity index (χ3n) is 6.77. The Morgan fingerprint density at radius 3 is 2.64 bits per heavy atom. The summed E-state index contributed by atoms with van der Waals surface area (Å²) in [5, 5.41) is 5.10. The first-order valence-electron chi connectivity index (χ1n) is 12.7. The van der Waals surface area contributed by atoms with Crippen molar-refractivity contribution in [2.24, 2.45) is 4.99 Å². The molecule has 7 nitrogen and oxygen atoms in total. The number of nitrogens with zero attached hydrogens (tertiary/aromatic N) is 2.